The SMILES string of the molecule is C[C@H]1CCCCN1Cc1cc(F)ccc1S. The quantitative estimate of drug-likeness (QED) is 0.773. The largest absolute Gasteiger partial charge is 0.296 e. The average molecular weight is 239 g/mol. The summed E-state index contributed by atoms with van der Waals surface area (Å²) in [6.45, 7) is 4.18. The van der Waals surface area contributed by atoms with E-state index in [9.17, 15) is 4.39 Å². The molecular formula is C13H18FNS. The first-order valence-corrected chi connectivity index (χ1v) is 6.33. The molecular weight excluding hydrogens is 221 g/mol. The zero-order chi connectivity index (χ0) is 11.5. The van der Waals surface area contributed by atoms with Crippen LogP contribution in [0.1, 0.15) is 31.7 Å². The predicted octanol–water partition coefficient (Wildman–Crippen LogP) is 3.49. The fourth-order valence-electron chi connectivity index (χ4n) is 2.29. The lowest BCUT2D eigenvalue weighted by atomic mass is 10.0. The zero-order valence-electron chi connectivity index (χ0n) is 9.62. The Labute approximate surface area is 102 Å². The van der Waals surface area contributed by atoms with Crippen LogP contribution >= 0.6 is 12.6 Å². The van der Waals surface area contributed by atoms with Gasteiger partial charge >= 0.3 is 0 Å². The van der Waals surface area contributed by atoms with Crippen molar-refractivity contribution < 1.29 is 4.39 Å². The first-order valence-electron chi connectivity index (χ1n) is 5.88. The van der Waals surface area contributed by atoms with Gasteiger partial charge in [-0.1, -0.05) is 6.42 Å². The number of piperidine rings is 1. The van der Waals surface area contributed by atoms with Crippen molar-refractivity contribution in [3.05, 3.63) is 29.6 Å². The molecule has 0 spiro atoms. The van der Waals surface area contributed by atoms with Crippen LogP contribution in [-0.4, -0.2) is 17.5 Å². The summed E-state index contributed by atoms with van der Waals surface area (Å²) in [5, 5.41) is 0. The van der Waals surface area contributed by atoms with Crippen molar-refractivity contribution in [2.45, 2.75) is 43.7 Å². The van der Waals surface area contributed by atoms with Crippen molar-refractivity contribution in [2.75, 3.05) is 6.54 Å². The van der Waals surface area contributed by atoms with E-state index >= 15 is 0 Å². The highest BCUT2D eigenvalue weighted by atomic mass is 32.1. The van der Waals surface area contributed by atoms with Gasteiger partial charge in [0.1, 0.15) is 5.82 Å². The molecule has 16 heavy (non-hydrogen) atoms. The van der Waals surface area contributed by atoms with E-state index in [1.807, 2.05) is 0 Å². The van der Waals surface area contributed by atoms with Gasteiger partial charge in [0.2, 0.25) is 0 Å². The van der Waals surface area contributed by atoms with Gasteiger partial charge in [-0.15, -0.1) is 12.6 Å². The highest BCUT2D eigenvalue weighted by molar-refractivity contribution is 7.80. The summed E-state index contributed by atoms with van der Waals surface area (Å²) >= 11 is 4.38. The molecule has 0 bridgehead atoms. The molecule has 1 fully saturated rings. The highest BCUT2D eigenvalue weighted by Crippen LogP contribution is 2.22. The van der Waals surface area contributed by atoms with Gasteiger partial charge in [-0.3, -0.25) is 4.90 Å². The number of thiol groups is 1. The van der Waals surface area contributed by atoms with E-state index in [4.69, 9.17) is 0 Å². The second-order valence-electron chi connectivity index (χ2n) is 4.59. The van der Waals surface area contributed by atoms with Crippen LogP contribution in [0.15, 0.2) is 23.1 Å². The molecule has 0 radical (unpaired) electrons. The van der Waals surface area contributed by atoms with E-state index in [1.165, 1.54) is 25.3 Å². The summed E-state index contributed by atoms with van der Waals surface area (Å²) < 4.78 is 13.1. The van der Waals surface area contributed by atoms with Gasteiger partial charge in [-0.2, -0.15) is 0 Å². The molecule has 1 nitrogen and oxygen atoms in total. The van der Waals surface area contributed by atoms with Gasteiger partial charge < -0.3 is 0 Å². The van der Waals surface area contributed by atoms with Gasteiger partial charge in [-0.05, 0) is 50.1 Å². The Balaban J connectivity index is 2.10. The van der Waals surface area contributed by atoms with Gasteiger partial charge in [0.15, 0.2) is 0 Å². The maximum atomic E-state index is 13.1. The summed E-state index contributed by atoms with van der Waals surface area (Å²) in [6.07, 6.45) is 3.81. The fraction of sp³-hybridized carbons (Fsp3) is 0.538. The van der Waals surface area contributed by atoms with Crippen LogP contribution in [0.4, 0.5) is 4.39 Å². The van der Waals surface area contributed by atoms with Crippen LogP contribution in [0, 0.1) is 5.82 Å². The maximum absolute atomic E-state index is 13.1. The third kappa shape index (κ3) is 2.77. The molecule has 1 aliphatic rings. The molecule has 1 atom stereocenters. The molecule has 0 amide bonds. The number of rotatable bonds is 2. The first-order chi connectivity index (χ1) is 7.66. The Bertz CT molecular complexity index is 367. The van der Waals surface area contributed by atoms with Crippen molar-refractivity contribution in [1.29, 1.82) is 0 Å². The van der Waals surface area contributed by atoms with Gasteiger partial charge in [0.05, 0.1) is 0 Å². The molecule has 2 rings (SSSR count). The lowest BCUT2D eigenvalue weighted by Gasteiger charge is -2.33. The number of likely N-dealkylation sites (tertiary alicyclic amines) is 1. The van der Waals surface area contributed by atoms with Crippen molar-refractivity contribution >= 4 is 12.6 Å². The van der Waals surface area contributed by atoms with Crippen LogP contribution in [0.25, 0.3) is 0 Å². The van der Waals surface area contributed by atoms with Gasteiger partial charge in [0.25, 0.3) is 0 Å². The van der Waals surface area contributed by atoms with Crippen molar-refractivity contribution in [3.8, 4) is 0 Å². The van der Waals surface area contributed by atoms with E-state index in [0.29, 0.717) is 6.04 Å². The smallest absolute Gasteiger partial charge is 0.123 e. The van der Waals surface area contributed by atoms with Gasteiger partial charge in [-0.25, -0.2) is 4.39 Å². The Morgan fingerprint density at radius 2 is 2.25 bits per heavy atom. The average Bonchev–Trinajstić information content (AvgIpc) is 2.27. The Kier molecular flexibility index (Phi) is 3.87. The van der Waals surface area contributed by atoms with E-state index in [0.717, 1.165) is 23.5 Å². The van der Waals surface area contributed by atoms with E-state index in [-0.39, 0.29) is 5.82 Å². The first kappa shape index (κ1) is 11.9. The van der Waals surface area contributed by atoms with Crippen LogP contribution in [0.2, 0.25) is 0 Å². The monoisotopic (exact) mass is 239 g/mol. The number of benzene rings is 1. The summed E-state index contributed by atoms with van der Waals surface area (Å²) in [6, 6.07) is 5.40. The molecule has 0 saturated carbocycles. The topological polar surface area (TPSA) is 3.24 Å². The Hall–Kier alpha value is -0.540. The minimum atomic E-state index is -0.169. The van der Waals surface area contributed by atoms with E-state index in [1.54, 1.807) is 12.1 Å². The molecule has 88 valence electrons. The molecule has 0 aromatic heterocycles. The van der Waals surface area contributed by atoms with Crippen molar-refractivity contribution in [2.24, 2.45) is 0 Å². The van der Waals surface area contributed by atoms with Crippen molar-refractivity contribution in [3.63, 3.8) is 0 Å². The second kappa shape index (κ2) is 5.19. The Morgan fingerprint density at radius 1 is 1.44 bits per heavy atom. The fourth-order valence-corrected chi connectivity index (χ4v) is 2.50. The molecule has 1 aromatic carbocycles. The lowest BCUT2D eigenvalue weighted by Crippen LogP contribution is -2.36. The van der Waals surface area contributed by atoms with Crippen LogP contribution in [-0.2, 0) is 6.54 Å². The second-order valence-corrected chi connectivity index (χ2v) is 5.07. The summed E-state index contributed by atoms with van der Waals surface area (Å²) in [4.78, 5) is 3.30. The molecule has 0 N–H and O–H groups in total. The molecule has 1 aromatic rings. The number of halogens is 1. The minimum absolute atomic E-state index is 0.169. The summed E-state index contributed by atoms with van der Waals surface area (Å²) in [7, 11) is 0. The van der Waals surface area contributed by atoms with Crippen LogP contribution in [0.5, 0.6) is 0 Å². The standard InChI is InChI=1S/C13H18FNS/c1-10-4-2-3-7-15(10)9-11-8-12(14)5-6-13(11)16/h5-6,8,10,16H,2-4,7,9H2,1H3/t10-/m0/s1. The lowest BCUT2D eigenvalue weighted by molar-refractivity contribution is 0.151. The summed E-state index contributed by atoms with van der Waals surface area (Å²) in [5.74, 6) is -0.169. The normalized spacial score (nSPS) is 22.3. The van der Waals surface area contributed by atoms with Crippen LogP contribution in [0.3, 0.4) is 0 Å². The van der Waals surface area contributed by atoms with Gasteiger partial charge in [0, 0.05) is 17.5 Å². The molecule has 1 saturated heterocycles. The minimum Gasteiger partial charge on any atom is -0.296 e. The van der Waals surface area contributed by atoms with Crippen LogP contribution < -0.4 is 0 Å². The zero-order valence-corrected chi connectivity index (χ0v) is 10.5. The molecule has 1 heterocycles. The number of nitrogens with zero attached hydrogens (tertiary/aromatic N) is 1. The number of hydrogen-bond donors (Lipinski definition) is 1. The maximum Gasteiger partial charge on any atom is 0.123 e. The third-order valence-corrected chi connectivity index (χ3v) is 3.79. The summed E-state index contributed by atoms with van der Waals surface area (Å²) in [5.41, 5.74) is 0.997. The third-order valence-electron chi connectivity index (χ3n) is 3.36. The molecule has 0 unspecified atom stereocenters. The molecule has 0 aliphatic carbocycles. The molecule has 3 heteroatoms. The highest BCUT2D eigenvalue weighted by Gasteiger charge is 2.18. The number of hydrogen-bond acceptors (Lipinski definition) is 2. The Morgan fingerprint density at radius 3 is 3.00 bits per heavy atom. The predicted molar refractivity (Wildman–Crippen MR) is 67.4 cm³/mol. The van der Waals surface area contributed by atoms with E-state index < -0.39 is 0 Å². The van der Waals surface area contributed by atoms with E-state index in [2.05, 4.69) is 24.5 Å². The molecule has 1 aliphatic heterocycles. The van der Waals surface area contributed by atoms with Crippen molar-refractivity contribution in [1.82, 2.24) is 4.90 Å².